The minimum atomic E-state index is -0.738. The van der Waals surface area contributed by atoms with Crippen molar-refractivity contribution in [3.05, 3.63) is 0 Å². The monoisotopic (exact) mass is 223 g/mol. The van der Waals surface area contributed by atoms with E-state index < -0.39 is 11.4 Å². The van der Waals surface area contributed by atoms with Crippen molar-refractivity contribution in [3.8, 4) is 0 Å². The maximum atomic E-state index is 10.2. The van der Waals surface area contributed by atoms with E-state index in [1.54, 1.807) is 6.92 Å². The highest BCUT2D eigenvalue weighted by Gasteiger charge is 2.20. The van der Waals surface area contributed by atoms with Gasteiger partial charge in [-0.3, -0.25) is 4.79 Å². The van der Waals surface area contributed by atoms with Crippen molar-refractivity contribution in [2.24, 2.45) is 5.92 Å². The van der Waals surface area contributed by atoms with Crippen LogP contribution in [0.1, 0.15) is 13.3 Å². The lowest BCUT2D eigenvalue weighted by Crippen LogP contribution is -2.16. The molecular formula is C8H14ClNO4. The van der Waals surface area contributed by atoms with Crippen LogP contribution < -0.4 is 5.32 Å². The Balaban J connectivity index is 0.000000255. The third kappa shape index (κ3) is 6.68. The summed E-state index contributed by atoms with van der Waals surface area (Å²) >= 11 is 4.72. The Morgan fingerprint density at radius 2 is 2.29 bits per heavy atom. The molecule has 1 rings (SSSR count). The van der Waals surface area contributed by atoms with Gasteiger partial charge in [-0.05, 0) is 19.9 Å². The average molecular weight is 224 g/mol. The van der Waals surface area contributed by atoms with Crippen molar-refractivity contribution in [1.29, 1.82) is 0 Å². The van der Waals surface area contributed by atoms with Crippen LogP contribution in [0, 0.1) is 5.92 Å². The van der Waals surface area contributed by atoms with Crippen molar-refractivity contribution in [3.63, 3.8) is 0 Å². The summed E-state index contributed by atoms with van der Waals surface area (Å²) in [6.07, 6.45) is 0.787. The summed E-state index contributed by atoms with van der Waals surface area (Å²) in [6.45, 7) is 3.55. The molecule has 1 fully saturated rings. The van der Waals surface area contributed by atoms with Crippen LogP contribution in [0.15, 0.2) is 0 Å². The number of ether oxygens (including phenoxy) is 1. The van der Waals surface area contributed by atoms with E-state index in [0.29, 0.717) is 13.2 Å². The van der Waals surface area contributed by atoms with Crippen LogP contribution >= 0.6 is 11.6 Å². The third-order valence-electron chi connectivity index (χ3n) is 1.67. The minimum absolute atomic E-state index is 0.130. The Labute approximate surface area is 87.4 Å². The minimum Gasteiger partial charge on any atom is -0.481 e. The normalized spacial score (nSPS) is 19.4. The number of carboxylic acids is 1. The molecule has 1 atom stereocenters. The molecule has 1 unspecified atom stereocenters. The summed E-state index contributed by atoms with van der Waals surface area (Å²) in [5.41, 5.74) is -0.738. The second-order valence-corrected chi connectivity index (χ2v) is 3.01. The fourth-order valence-electron chi connectivity index (χ4n) is 0.979. The smallest absolute Gasteiger partial charge is 0.403 e. The van der Waals surface area contributed by atoms with Gasteiger partial charge in [0.05, 0.1) is 12.5 Å². The van der Waals surface area contributed by atoms with E-state index in [9.17, 15) is 9.59 Å². The Morgan fingerprint density at radius 3 is 2.43 bits per heavy atom. The fraction of sp³-hybridized carbons (Fsp3) is 0.750. The number of hydrogen-bond acceptors (Lipinski definition) is 4. The molecule has 1 aliphatic rings. The van der Waals surface area contributed by atoms with Crippen LogP contribution in [0.4, 0.5) is 4.79 Å². The number of aliphatic carboxylic acids is 1. The molecule has 0 aliphatic carbocycles. The van der Waals surface area contributed by atoms with Crippen molar-refractivity contribution in [2.75, 3.05) is 19.7 Å². The van der Waals surface area contributed by atoms with Gasteiger partial charge in [-0.15, -0.1) is 0 Å². The molecular weight excluding hydrogens is 210 g/mol. The van der Waals surface area contributed by atoms with Crippen LogP contribution in [0.5, 0.6) is 0 Å². The Kier molecular flexibility index (Phi) is 7.14. The van der Waals surface area contributed by atoms with E-state index in [4.69, 9.17) is 16.7 Å². The number of nitrogens with one attached hydrogen (secondary N) is 1. The molecule has 5 nitrogen and oxygen atoms in total. The molecule has 0 bridgehead atoms. The van der Waals surface area contributed by atoms with E-state index in [0.717, 1.165) is 13.0 Å². The Bertz CT molecular complexity index is 192. The van der Waals surface area contributed by atoms with Crippen molar-refractivity contribution in [2.45, 2.75) is 13.3 Å². The first kappa shape index (κ1) is 13.2. The van der Waals surface area contributed by atoms with Crippen LogP contribution in [-0.4, -0.2) is 36.2 Å². The molecule has 1 aliphatic heterocycles. The molecule has 0 aromatic carbocycles. The first-order valence-electron chi connectivity index (χ1n) is 4.33. The maximum absolute atomic E-state index is 10.2. The SMILES string of the molecule is CCOC(=O)Cl.O=C(O)C1CCNC1. The summed E-state index contributed by atoms with van der Waals surface area (Å²) in [4.78, 5) is 19.7. The van der Waals surface area contributed by atoms with Crippen molar-refractivity contribution in [1.82, 2.24) is 5.32 Å². The van der Waals surface area contributed by atoms with Gasteiger partial charge in [-0.2, -0.15) is 0 Å². The van der Waals surface area contributed by atoms with Gasteiger partial charge in [0, 0.05) is 18.1 Å². The van der Waals surface area contributed by atoms with Crippen LogP contribution in [-0.2, 0) is 9.53 Å². The molecule has 0 aromatic rings. The Morgan fingerprint density at radius 1 is 1.64 bits per heavy atom. The van der Waals surface area contributed by atoms with Gasteiger partial charge >= 0.3 is 11.4 Å². The van der Waals surface area contributed by atoms with Gasteiger partial charge in [0.15, 0.2) is 0 Å². The molecule has 82 valence electrons. The van der Waals surface area contributed by atoms with Crippen LogP contribution in [0.2, 0.25) is 0 Å². The first-order chi connectivity index (χ1) is 6.57. The summed E-state index contributed by atoms with van der Waals surface area (Å²) in [6, 6.07) is 0. The zero-order valence-electron chi connectivity index (χ0n) is 7.96. The zero-order valence-corrected chi connectivity index (χ0v) is 8.71. The lowest BCUT2D eigenvalue weighted by Gasteiger charge is -1.96. The quantitative estimate of drug-likeness (QED) is 0.685. The van der Waals surface area contributed by atoms with Gasteiger partial charge < -0.3 is 15.2 Å². The highest BCUT2D eigenvalue weighted by Crippen LogP contribution is 2.05. The molecule has 6 heteroatoms. The Hall–Kier alpha value is -0.810. The topological polar surface area (TPSA) is 75.6 Å². The highest BCUT2D eigenvalue weighted by molar-refractivity contribution is 6.61. The van der Waals surface area contributed by atoms with Gasteiger partial charge in [-0.25, -0.2) is 4.79 Å². The second-order valence-electron chi connectivity index (χ2n) is 2.70. The summed E-state index contributed by atoms with van der Waals surface area (Å²) in [7, 11) is 0. The molecule has 0 radical (unpaired) electrons. The largest absolute Gasteiger partial charge is 0.481 e. The van der Waals surface area contributed by atoms with E-state index in [-0.39, 0.29) is 5.92 Å². The van der Waals surface area contributed by atoms with Crippen LogP contribution in [0.25, 0.3) is 0 Å². The number of carbonyl (C=O) groups excluding carboxylic acids is 1. The van der Waals surface area contributed by atoms with Gasteiger partial charge in [0.2, 0.25) is 0 Å². The molecule has 0 saturated carbocycles. The van der Waals surface area contributed by atoms with E-state index in [1.165, 1.54) is 0 Å². The number of halogens is 1. The molecule has 2 N–H and O–H groups in total. The number of carbonyl (C=O) groups is 2. The number of hydrogen-bond donors (Lipinski definition) is 2. The standard InChI is InChI=1S/C5H9NO2.C3H5ClO2/c7-5(8)4-1-2-6-3-4;1-2-6-3(4)5/h4,6H,1-3H2,(H,7,8);2H2,1H3. The predicted octanol–water partition coefficient (Wildman–Crippen LogP) is 1.06. The highest BCUT2D eigenvalue weighted by atomic mass is 35.5. The van der Waals surface area contributed by atoms with Gasteiger partial charge in [-0.1, -0.05) is 0 Å². The summed E-state index contributed by atoms with van der Waals surface area (Å²) < 4.78 is 4.17. The van der Waals surface area contributed by atoms with Crippen LogP contribution in [0.3, 0.4) is 0 Å². The van der Waals surface area contributed by atoms with Crippen molar-refractivity contribution >= 4 is 23.0 Å². The molecule has 0 spiro atoms. The summed E-state index contributed by atoms with van der Waals surface area (Å²) in [5.74, 6) is -0.801. The summed E-state index contributed by atoms with van der Waals surface area (Å²) in [5, 5.41) is 11.3. The number of rotatable bonds is 2. The molecule has 14 heavy (non-hydrogen) atoms. The van der Waals surface area contributed by atoms with E-state index in [1.807, 2.05) is 0 Å². The molecule has 0 aromatic heterocycles. The van der Waals surface area contributed by atoms with E-state index in [2.05, 4.69) is 10.1 Å². The third-order valence-corrected chi connectivity index (χ3v) is 1.78. The second kappa shape index (κ2) is 7.58. The fourth-order valence-corrected chi connectivity index (χ4v) is 1.09. The van der Waals surface area contributed by atoms with Crippen molar-refractivity contribution < 1.29 is 19.4 Å². The first-order valence-corrected chi connectivity index (χ1v) is 4.71. The van der Waals surface area contributed by atoms with Gasteiger partial charge in [0.25, 0.3) is 0 Å². The predicted molar refractivity (Wildman–Crippen MR) is 51.5 cm³/mol. The molecule has 0 amide bonds. The molecule has 1 saturated heterocycles. The lowest BCUT2D eigenvalue weighted by atomic mass is 10.1. The van der Waals surface area contributed by atoms with Gasteiger partial charge in [0.1, 0.15) is 0 Å². The molecule has 1 heterocycles. The average Bonchev–Trinajstić information content (AvgIpc) is 2.56. The number of carboxylic acid groups (broad SMARTS) is 1. The zero-order chi connectivity index (χ0) is 11.0. The van der Waals surface area contributed by atoms with E-state index >= 15 is 0 Å². The maximum Gasteiger partial charge on any atom is 0.403 e. The lowest BCUT2D eigenvalue weighted by molar-refractivity contribution is -0.140.